The van der Waals surface area contributed by atoms with Crippen LogP contribution in [0.2, 0.25) is 0 Å². The summed E-state index contributed by atoms with van der Waals surface area (Å²) in [6.07, 6.45) is 4.35. The highest BCUT2D eigenvalue weighted by molar-refractivity contribution is 5.73. The predicted octanol–water partition coefficient (Wildman–Crippen LogP) is 1.80. The molecule has 0 aromatic carbocycles. The van der Waals surface area contributed by atoms with Gasteiger partial charge in [0.1, 0.15) is 5.60 Å². The van der Waals surface area contributed by atoms with Crippen molar-refractivity contribution in [3.05, 3.63) is 0 Å². The monoisotopic (exact) mass is 212 g/mol. The summed E-state index contributed by atoms with van der Waals surface area (Å²) in [4.78, 5) is 18.6. The number of amides is 1. The van der Waals surface area contributed by atoms with Crippen LogP contribution < -0.4 is 0 Å². The Morgan fingerprint density at radius 3 is 2.53 bits per heavy atom. The molecule has 0 atom stereocenters. The molecule has 15 heavy (non-hydrogen) atoms. The number of piperidine rings is 1. The summed E-state index contributed by atoms with van der Waals surface area (Å²) in [5, 5.41) is 3.88. The summed E-state index contributed by atoms with van der Waals surface area (Å²) < 4.78 is 0. The number of carbonyl (C=O) groups excluding carboxylic acids is 1. The zero-order chi connectivity index (χ0) is 11.3. The second kappa shape index (κ2) is 5.14. The van der Waals surface area contributed by atoms with Crippen LogP contribution in [0.25, 0.3) is 0 Å². The Balaban J connectivity index is 2.54. The van der Waals surface area contributed by atoms with Gasteiger partial charge in [-0.1, -0.05) is 12.1 Å². The number of oxime groups is 1. The Bertz CT molecular complexity index is 243. The average molecular weight is 212 g/mol. The van der Waals surface area contributed by atoms with E-state index < -0.39 is 0 Å². The summed E-state index contributed by atoms with van der Waals surface area (Å²) >= 11 is 0. The smallest absolute Gasteiger partial charge is 0.219 e. The summed E-state index contributed by atoms with van der Waals surface area (Å²) in [5.41, 5.74) is -0.154. The van der Waals surface area contributed by atoms with Gasteiger partial charge in [-0.2, -0.15) is 0 Å². The second-order valence-corrected chi connectivity index (χ2v) is 4.00. The highest BCUT2D eigenvalue weighted by Gasteiger charge is 2.36. The highest BCUT2D eigenvalue weighted by Crippen LogP contribution is 2.29. The fourth-order valence-electron chi connectivity index (χ4n) is 1.90. The molecular weight excluding hydrogens is 192 g/mol. The fraction of sp³-hybridized carbons (Fsp3) is 0.818. The maximum absolute atomic E-state index is 11.2. The van der Waals surface area contributed by atoms with Crippen LogP contribution in [0.5, 0.6) is 0 Å². The van der Waals surface area contributed by atoms with Crippen molar-refractivity contribution < 1.29 is 9.63 Å². The minimum absolute atomic E-state index is 0.152. The predicted molar refractivity (Wildman–Crippen MR) is 59.8 cm³/mol. The number of hydrogen-bond donors (Lipinski definition) is 0. The molecule has 4 nitrogen and oxygen atoms in total. The van der Waals surface area contributed by atoms with Gasteiger partial charge in [0, 0.05) is 39.1 Å². The lowest BCUT2D eigenvalue weighted by Crippen LogP contribution is -2.46. The molecule has 0 aromatic heterocycles. The maximum atomic E-state index is 11.2. The van der Waals surface area contributed by atoms with E-state index in [-0.39, 0.29) is 11.5 Å². The van der Waals surface area contributed by atoms with Crippen LogP contribution in [0.1, 0.15) is 40.0 Å². The van der Waals surface area contributed by atoms with Crippen LogP contribution in [0.4, 0.5) is 0 Å². The molecule has 1 aliphatic heterocycles. The molecule has 1 rings (SSSR count). The third kappa shape index (κ3) is 2.94. The van der Waals surface area contributed by atoms with Crippen molar-refractivity contribution in [2.75, 3.05) is 13.1 Å². The molecule has 1 heterocycles. The number of likely N-dealkylation sites (tertiary alicyclic amines) is 1. The molecule has 0 aromatic rings. The lowest BCUT2D eigenvalue weighted by molar-refractivity contribution is -0.136. The van der Waals surface area contributed by atoms with Gasteiger partial charge in [-0.25, -0.2) is 0 Å². The minimum Gasteiger partial charge on any atom is -0.389 e. The Labute approximate surface area is 91.3 Å². The first-order chi connectivity index (χ1) is 7.13. The first-order valence-corrected chi connectivity index (χ1v) is 5.55. The highest BCUT2D eigenvalue weighted by atomic mass is 16.6. The molecule has 0 N–H and O–H groups in total. The molecule has 1 saturated heterocycles. The third-order valence-electron chi connectivity index (χ3n) is 3.12. The van der Waals surface area contributed by atoms with Gasteiger partial charge in [-0.3, -0.25) is 4.79 Å². The maximum Gasteiger partial charge on any atom is 0.219 e. The average Bonchev–Trinajstić information content (AvgIpc) is 2.27. The molecule has 1 fully saturated rings. The van der Waals surface area contributed by atoms with Gasteiger partial charge >= 0.3 is 0 Å². The normalized spacial score (nSPS) is 20.6. The molecule has 0 radical (unpaired) electrons. The lowest BCUT2D eigenvalue weighted by atomic mass is 9.89. The van der Waals surface area contributed by atoms with Gasteiger partial charge in [0.15, 0.2) is 0 Å². The van der Waals surface area contributed by atoms with Gasteiger partial charge in [-0.05, 0) is 13.3 Å². The van der Waals surface area contributed by atoms with Gasteiger partial charge in [-0.15, -0.1) is 0 Å². The number of rotatable bonds is 3. The quantitative estimate of drug-likeness (QED) is 0.529. The molecule has 86 valence electrons. The van der Waals surface area contributed by atoms with Crippen molar-refractivity contribution in [2.24, 2.45) is 5.16 Å². The topological polar surface area (TPSA) is 41.9 Å². The van der Waals surface area contributed by atoms with Gasteiger partial charge in [0.2, 0.25) is 5.91 Å². The number of carbonyl (C=O) groups is 1. The molecule has 1 aliphatic rings. The van der Waals surface area contributed by atoms with Crippen molar-refractivity contribution in [3.8, 4) is 0 Å². The van der Waals surface area contributed by atoms with Crippen molar-refractivity contribution in [3.63, 3.8) is 0 Å². The fourth-order valence-corrected chi connectivity index (χ4v) is 1.90. The molecule has 0 unspecified atom stereocenters. The van der Waals surface area contributed by atoms with Crippen LogP contribution in [-0.4, -0.2) is 35.7 Å². The van der Waals surface area contributed by atoms with Crippen LogP contribution in [0.15, 0.2) is 5.16 Å². The molecular formula is C11H20N2O2. The molecule has 0 spiro atoms. The second-order valence-electron chi connectivity index (χ2n) is 4.00. The van der Waals surface area contributed by atoms with E-state index in [1.807, 2.05) is 11.8 Å². The van der Waals surface area contributed by atoms with Crippen molar-refractivity contribution in [1.82, 2.24) is 4.90 Å². The Morgan fingerprint density at radius 2 is 2.13 bits per heavy atom. The summed E-state index contributed by atoms with van der Waals surface area (Å²) in [6.45, 7) is 7.12. The van der Waals surface area contributed by atoms with E-state index >= 15 is 0 Å². The molecule has 4 heteroatoms. The Kier molecular flexibility index (Phi) is 4.12. The molecule has 0 aliphatic carbocycles. The third-order valence-corrected chi connectivity index (χ3v) is 3.12. The molecule has 1 amide bonds. The van der Waals surface area contributed by atoms with Crippen LogP contribution in [-0.2, 0) is 9.63 Å². The lowest BCUT2D eigenvalue weighted by Gasteiger charge is -2.38. The van der Waals surface area contributed by atoms with E-state index in [1.165, 1.54) is 0 Å². The summed E-state index contributed by atoms with van der Waals surface area (Å²) in [7, 11) is 0. The Hall–Kier alpha value is -1.06. The SMILES string of the molecule is C/C=N/OC1(CC)CCN(C(C)=O)CC1. The van der Waals surface area contributed by atoms with Gasteiger partial charge in [0.05, 0.1) is 0 Å². The van der Waals surface area contributed by atoms with E-state index in [0.717, 1.165) is 32.4 Å². The zero-order valence-electron chi connectivity index (χ0n) is 9.82. The van der Waals surface area contributed by atoms with Crippen molar-refractivity contribution in [2.45, 2.75) is 45.6 Å². The van der Waals surface area contributed by atoms with Crippen LogP contribution >= 0.6 is 0 Å². The van der Waals surface area contributed by atoms with Crippen LogP contribution in [0, 0.1) is 0 Å². The van der Waals surface area contributed by atoms with Crippen molar-refractivity contribution in [1.29, 1.82) is 0 Å². The standard InChI is InChI=1S/C11H20N2O2/c1-4-11(15-12-5-2)6-8-13(9-7-11)10(3)14/h5H,4,6-9H2,1-3H3/b12-5+. The molecule has 0 saturated carbocycles. The van der Waals surface area contributed by atoms with E-state index in [1.54, 1.807) is 13.1 Å². The molecule has 0 bridgehead atoms. The van der Waals surface area contributed by atoms with Crippen molar-refractivity contribution >= 4 is 12.1 Å². The Morgan fingerprint density at radius 1 is 1.53 bits per heavy atom. The van der Waals surface area contributed by atoms with Crippen LogP contribution in [0.3, 0.4) is 0 Å². The van der Waals surface area contributed by atoms with E-state index in [9.17, 15) is 4.79 Å². The number of nitrogens with zero attached hydrogens (tertiary/aromatic N) is 2. The number of hydrogen-bond acceptors (Lipinski definition) is 3. The summed E-state index contributed by atoms with van der Waals surface area (Å²) in [5.74, 6) is 0.152. The van der Waals surface area contributed by atoms with Gasteiger partial charge < -0.3 is 9.74 Å². The van der Waals surface area contributed by atoms with E-state index in [2.05, 4.69) is 12.1 Å². The summed E-state index contributed by atoms with van der Waals surface area (Å²) in [6, 6.07) is 0. The first kappa shape index (κ1) is 12.0. The minimum atomic E-state index is -0.154. The first-order valence-electron chi connectivity index (χ1n) is 5.55. The van der Waals surface area contributed by atoms with Gasteiger partial charge in [0.25, 0.3) is 0 Å². The largest absolute Gasteiger partial charge is 0.389 e. The van der Waals surface area contributed by atoms with E-state index in [0.29, 0.717) is 0 Å². The zero-order valence-corrected chi connectivity index (χ0v) is 9.82. The van der Waals surface area contributed by atoms with E-state index in [4.69, 9.17) is 4.84 Å².